The summed E-state index contributed by atoms with van der Waals surface area (Å²) in [5.74, 6) is 1.58. The van der Waals surface area contributed by atoms with E-state index in [-0.39, 0.29) is 0 Å². The molecule has 1 saturated heterocycles. The highest BCUT2D eigenvalue weighted by Crippen LogP contribution is 2.35. The Morgan fingerprint density at radius 1 is 1.17 bits per heavy atom. The third kappa shape index (κ3) is 1.96. The van der Waals surface area contributed by atoms with Gasteiger partial charge < -0.3 is 4.90 Å². The van der Waals surface area contributed by atoms with Crippen LogP contribution in [-0.2, 0) is 0 Å². The Hall–Kier alpha value is -1.90. The van der Waals surface area contributed by atoms with Gasteiger partial charge in [-0.05, 0) is 18.9 Å². The van der Waals surface area contributed by atoms with E-state index in [9.17, 15) is 0 Å². The van der Waals surface area contributed by atoms with Crippen molar-refractivity contribution in [1.29, 1.82) is 0 Å². The molecule has 0 spiro atoms. The normalized spacial score (nSPS) is 23.3. The molecule has 0 aliphatic carbocycles. The monoisotopic (exact) mass is 239 g/mol. The van der Waals surface area contributed by atoms with Crippen LogP contribution in [0.5, 0.6) is 0 Å². The molecule has 3 nitrogen and oxygen atoms in total. The lowest BCUT2D eigenvalue weighted by Crippen LogP contribution is -2.29. The zero-order valence-electron chi connectivity index (χ0n) is 10.5. The Bertz CT molecular complexity index is 450. The third-order valence-corrected chi connectivity index (χ3v) is 3.83. The number of benzene rings is 1. The van der Waals surface area contributed by atoms with Gasteiger partial charge in [0.1, 0.15) is 5.82 Å². The fourth-order valence-electron chi connectivity index (χ4n) is 2.85. The van der Waals surface area contributed by atoms with Crippen LogP contribution >= 0.6 is 0 Å². The molecule has 2 atom stereocenters. The van der Waals surface area contributed by atoms with E-state index in [2.05, 4.69) is 52.1 Å². The first-order chi connectivity index (χ1) is 8.86. The Morgan fingerprint density at radius 3 is 2.72 bits per heavy atom. The minimum absolute atomic E-state index is 0.476. The zero-order chi connectivity index (χ0) is 12.4. The molecule has 18 heavy (non-hydrogen) atoms. The topological polar surface area (TPSA) is 29.0 Å². The molecule has 2 heterocycles. The lowest BCUT2D eigenvalue weighted by atomic mass is 9.93. The Morgan fingerprint density at radius 2 is 2.00 bits per heavy atom. The standard InChI is InChI=1S/C15H17N3/c1-12-14(13-5-3-2-4-6-13)7-10-18(12)15-11-16-8-9-17-15/h2-6,8-9,11-12,14H,7,10H2,1H3/t12-,14-/m1/s1. The first-order valence-corrected chi connectivity index (χ1v) is 6.44. The third-order valence-electron chi connectivity index (χ3n) is 3.83. The van der Waals surface area contributed by atoms with Crippen LogP contribution < -0.4 is 4.90 Å². The Kier molecular flexibility index (Phi) is 2.97. The van der Waals surface area contributed by atoms with Gasteiger partial charge in [0.2, 0.25) is 0 Å². The molecule has 0 N–H and O–H groups in total. The quantitative estimate of drug-likeness (QED) is 0.807. The van der Waals surface area contributed by atoms with Gasteiger partial charge in [0.25, 0.3) is 0 Å². The van der Waals surface area contributed by atoms with Crippen LogP contribution in [0, 0.1) is 0 Å². The van der Waals surface area contributed by atoms with Gasteiger partial charge >= 0.3 is 0 Å². The molecule has 3 heteroatoms. The second kappa shape index (κ2) is 4.77. The van der Waals surface area contributed by atoms with E-state index >= 15 is 0 Å². The maximum absolute atomic E-state index is 4.40. The molecule has 1 aliphatic heterocycles. The number of aromatic nitrogens is 2. The summed E-state index contributed by atoms with van der Waals surface area (Å²) in [6.07, 6.45) is 6.52. The molecule has 2 aromatic rings. The number of anilines is 1. The number of hydrogen-bond donors (Lipinski definition) is 0. The average Bonchev–Trinajstić information content (AvgIpc) is 2.83. The van der Waals surface area contributed by atoms with E-state index in [1.54, 1.807) is 12.4 Å². The maximum Gasteiger partial charge on any atom is 0.147 e. The van der Waals surface area contributed by atoms with Crippen LogP contribution in [0.2, 0.25) is 0 Å². The Labute approximate surface area is 108 Å². The first kappa shape index (κ1) is 11.2. The van der Waals surface area contributed by atoms with E-state index in [1.807, 2.05) is 6.20 Å². The summed E-state index contributed by atoms with van der Waals surface area (Å²) in [6.45, 7) is 3.33. The van der Waals surface area contributed by atoms with Crippen molar-refractivity contribution in [2.45, 2.75) is 25.3 Å². The molecule has 0 unspecified atom stereocenters. The molecule has 0 radical (unpaired) electrons. The van der Waals surface area contributed by atoms with E-state index in [4.69, 9.17) is 0 Å². The largest absolute Gasteiger partial charge is 0.352 e. The zero-order valence-corrected chi connectivity index (χ0v) is 10.5. The highest BCUT2D eigenvalue weighted by atomic mass is 15.2. The van der Waals surface area contributed by atoms with Crippen molar-refractivity contribution in [2.75, 3.05) is 11.4 Å². The molecule has 0 bridgehead atoms. The van der Waals surface area contributed by atoms with E-state index in [1.165, 1.54) is 12.0 Å². The molecule has 0 amide bonds. The summed E-state index contributed by atoms with van der Waals surface area (Å²) in [6, 6.07) is 11.2. The van der Waals surface area contributed by atoms with E-state index in [0.717, 1.165) is 12.4 Å². The van der Waals surface area contributed by atoms with Gasteiger partial charge in [-0.2, -0.15) is 0 Å². The van der Waals surface area contributed by atoms with Crippen LogP contribution in [0.3, 0.4) is 0 Å². The summed E-state index contributed by atoms with van der Waals surface area (Å²) in [4.78, 5) is 10.9. The number of hydrogen-bond acceptors (Lipinski definition) is 3. The fraction of sp³-hybridized carbons (Fsp3) is 0.333. The van der Waals surface area contributed by atoms with Crippen molar-refractivity contribution in [1.82, 2.24) is 9.97 Å². The molecule has 92 valence electrons. The summed E-state index contributed by atoms with van der Waals surface area (Å²) in [5.41, 5.74) is 1.43. The summed E-state index contributed by atoms with van der Waals surface area (Å²) in [5, 5.41) is 0. The van der Waals surface area contributed by atoms with Gasteiger partial charge in [-0.3, -0.25) is 4.98 Å². The first-order valence-electron chi connectivity index (χ1n) is 6.44. The molecule has 1 aliphatic rings. The highest BCUT2D eigenvalue weighted by Gasteiger charge is 2.32. The van der Waals surface area contributed by atoms with Gasteiger partial charge in [0.05, 0.1) is 6.20 Å². The molecule has 3 rings (SSSR count). The molecule has 1 aromatic heterocycles. The van der Waals surface area contributed by atoms with Crippen molar-refractivity contribution in [3.63, 3.8) is 0 Å². The van der Waals surface area contributed by atoms with E-state index < -0.39 is 0 Å². The maximum atomic E-state index is 4.40. The summed E-state index contributed by atoms with van der Waals surface area (Å²) < 4.78 is 0. The molecule has 0 saturated carbocycles. The average molecular weight is 239 g/mol. The molecular weight excluding hydrogens is 222 g/mol. The van der Waals surface area contributed by atoms with Crippen molar-refractivity contribution in [3.05, 3.63) is 54.5 Å². The van der Waals surface area contributed by atoms with Crippen molar-refractivity contribution < 1.29 is 0 Å². The molecular formula is C15H17N3. The SMILES string of the molecule is C[C@@H]1[C@H](c2ccccc2)CCN1c1cnccn1. The minimum Gasteiger partial charge on any atom is -0.352 e. The minimum atomic E-state index is 0.476. The lowest BCUT2D eigenvalue weighted by molar-refractivity contribution is 0.631. The van der Waals surface area contributed by atoms with Crippen LogP contribution in [0.4, 0.5) is 5.82 Å². The smallest absolute Gasteiger partial charge is 0.147 e. The predicted octanol–water partition coefficient (Wildman–Crippen LogP) is 2.86. The predicted molar refractivity (Wildman–Crippen MR) is 72.6 cm³/mol. The molecule has 1 fully saturated rings. The number of nitrogens with zero attached hydrogens (tertiary/aromatic N) is 3. The van der Waals surface area contributed by atoms with Crippen molar-refractivity contribution >= 4 is 5.82 Å². The van der Waals surface area contributed by atoms with Crippen molar-refractivity contribution in [2.24, 2.45) is 0 Å². The second-order valence-corrected chi connectivity index (χ2v) is 4.80. The van der Waals surface area contributed by atoms with Gasteiger partial charge in [-0.1, -0.05) is 30.3 Å². The van der Waals surface area contributed by atoms with E-state index in [0.29, 0.717) is 12.0 Å². The highest BCUT2D eigenvalue weighted by molar-refractivity contribution is 5.41. The van der Waals surface area contributed by atoms with Gasteiger partial charge in [-0.15, -0.1) is 0 Å². The van der Waals surface area contributed by atoms with Gasteiger partial charge in [0, 0.05) is 30.9 Å². The summed E-state index contributed by atoms with van der Waals surface area (Å²) in [7, 11) is 0. The van der Waals surface area contributed by atoms with Crippen LogP contribution in [0.25, 0.3) is 0 Å². The second-order valence-electron chi connectivity index (χ2n) is 4.80. The summed E-state index contributed by atoms with van der Waals surface area (Å²) >= 11 is 0. The fourth-order valence-corrected chi connectivity index (χ4v) is 2.85. The Balaban J connectivity index is 1.83. The van der Waals surface area contributed by atoms with Crippen LogP contribution in [0.1, 0.15) is 24.8 Å². The lowest BCUT2D eigenvalue weighted by Gasteiger charge is -2.25. The van der Waals surface area contributed by atoms with Crippen LogP contribution in [0.15, 0.2) is 48.9 Å². The number of rotatable bonds is 2. The van der Waals surface area contributed by atoms with Crippen LogP contribution in [-0.4, -0.2) is 22.6 Å². The van der Waals surface area contributed by atoms with Gasteiger partial charge in [-0.25, -0.2) is 4.98 Å². The molecule has 1 aromatic carbocycles. The van der Waals surface area contributed by atoms with Crippen molar-refractivity contribution in [3.8, 4) is 0 Å². The van der Waals surface area contributed by atoms with Gasteiger partial charge in [0.15, 0.2) is 0 Å².